The Labute approximate surface area is 103 Å². The Morgan fingerprint density at radius 1 is 1.47 bits per heavy atom. The number of nitrogens with two attached hydrogens (primary N) is 1. The van der Waals surface area contributed by atoms with E-state index in [2.05, 4.69) is 29.4 Å². The number of amides is 1. The van der Waals surface area contributed by atoms with Crippen LogP contribution in [0.15, 0.2) is 24.3 Å². The zero-order chi connectivity index (χ0) is 13.1. The Bertz CT molecular complexity index is 401. The van der Waals surface area contributed by atoms with E-state index in [4.69, 9.17) is 5.84 Å². The maximum Gasteiger partial charge on any atom is 0.241 e. The summed E-state index contributed by atoms with van der Waals surface area (Å²) in [4.78, 5) is 13.7. The molecular formula is C13H21N3O. The number of benzene rings is 1. The van der Waals surface area contributed by atoms with E-state index >= 15 is 0 Å². The third kappa shape index (κ3) is 3.46. The summed E-state index contributed by atoms with van der Waals surface area (Å²) in [7, 11) is 1.97. The van der Waals surface area contributed by atoms with Gasteiger partial charge in [0.25, 0.3) is 0 Å². The Kier molecular flexibility index (Phi) is 4.12. The Morgan fingerprint density at radius 2 is 2.12 bits per heavy atom. The van der Waals surface area contributed by atoms with E-state index in [0.29, 0.717) is 6.54 Å². The van der Waals surface area contributed by atoms with Crippen molar-refractivity contribution in [3.8, 4) is 0 Å². The van der Waals surface area contributed by atoms with Crippen molar-refractivity contribution in [3.05, 3.63) is 29.8 Å². The molecule has 0 saturated carbocycles. The van der Waals surface area contributed by atoms with E-state index in [-0.39, 0.29) is 5.91 Å². The Morgan fingerprint density at radius 3 is 2.65 bits per heavy atom. The number of hydrogen-bond donors (Lipinski definition) is 2. The molecule has 0 bridgehead atoms. The molecule has 94 valence electrons. The van der Waals surface area contributed by atoms with E-state index in [1.807, 2.05) is 33.0 Å². The van der Waals surface area contributed by atoms with Gasteiger partial charge < -0.3 is 4.90 Å². The molecule has 3 N–H and O–H groups in total. The van der Waals surface area contributed by atoms with Gasteiger partial charge in [0.1, 0.15) is 0 Å². The van der Waals surface area contributed by atoms with Crippen LogP contribution in [0.5, 0.6) is 0 Å². The van der Waals surface area contributed by atoms with Crippen molar-refractivity contribution in [2.45, 2.75) is 20.8 Å². The summed E-state index contributed by atoms with van der Waals surface area (Å²) >= 11 is 0. The van der Waals surface area contributed by atoms with Crippen LogP contribution in [0.1, 0.15) is 19.4 Å². The molecule has 1 aromatic rings. The Balaban J connectivity index is 2.79. The van der Waals surface area contributed by atoms with Gasteiger partial charge in [-0.1, -0.05) is 12.1 Å². The number of aryl methyl sites for hydroxylation is 1. The van der Waals surface area contributed by atoms with E-state index < -0.39 is 5.41 Å². The molecule has 0 aromatic heterocycles. The first-order chi connectivity index (χ1) is 7.86. The highest BCUT2D eigenvalue weighted by molar-refractivity contribution is 5.82. The molecule has 0 saturated heterocycles. The molecular weight excluding hydrogens is 214 g/mol. The highest BCUT2D eigenvalue weighted by atomic mass is 16.2. The molecule has 17 heavy (non-hydrogen) atoms. The second-order valence-electron chi connectivity index (χ2n) is 5.05. The van der Waals surface area contributed by atoms with Crippen LogP contribution >= 0.6 is 0 Å². The first-order valence-electron chi connectivity index (χ1n) is 5.65. The molecule has 0 heterocycles. The van der Waals surface area contributed by atoms with Crippen LogP contribution in [0.3, 0.4) is 0 Å². The molecule has 0 unspecified atom stereocenters. The fourth-order valence-electron chi connectivity index (χ4n) is 1.82. The predicted octanol–water partition coefficient (Wildman–Crippen LogP) is 1.45. The fraction of sp³-hybridized carbons (Fsp3) is 0.462. The molecule has 1 rings (SSSR count). The van der Waals surface area contributed by atoms with Crippen molar-refractivity contribution in [2.24, 2.45) is 11.3 Å². The minimum absolute atomic E-state index is 0.156. The third-order valence-corrected chi connectivity index (χ3v) is 2.82. The van der Waals surface area contributed by atoms with Gasteiger partial charge in [0.2, 0.25) is 5.91 Å². The van der Waals surface area contributed by atoms with Crippen LogP contribution in [0.25, 0.3) is 0 Å². The summed E-state index contributed by atoms with van der Waals surface area (Å²) in [5.74, 6) is 5.02. The fourth-order valence-corrected chi connectivity index (χ4v) is 1.82. The number of carbonyl (C=O) groups excluding carboxylic acids is 1. The molecule has 0 aliphatic carbocycles. The number of hydrogen-bond acceptors (Lipinski definition) is 3. The van der Waals surface area contributed by atoms with Gasteiger partial charge in [-0.25, -0.2) is 5.84 Å². The van der Waals surface area contributed by atoms with Crippen molar-refractivity contribution in [1.29, 1.82) is 0 Å². The minimum atomic E-state index is -0.521. The molecule has 4 nitrogen and oxygen atoms in total. The molecule has 1 aromatic carbocycles. The summed E-state index contributed by atoms with van der Waals surface area (Å²) in [6.07, 6.45) is 0. The monoisotopic (exact) mass is 235 g/mol. The largest absolute Gasteiger partial charge is 0.374 e. The maximum atomic E-state index is 11.6. The van der Waals surface area contributed by atoms with Crippen LogP contribution in [-0.2, 0) is 4.79 Å². The van der Waals surface area contributed by atoms with Crippen LogP contribution in [0.2, 0.25) is 0 Å². The van der Waals surface area contributed by atoms with Crippen LogP contribution < -0.4 is 16.2 Å². The molecule has 0 aliphatic heterocycles. The second kappa shape index (κ2) is 5.19. The minimum Gasteiger partial charge on any atom is -0.374 e. The van der Waals surface area contributed by atoms with Crippen LogP contribution in [0.4, 0.5) is 5.69 Å². The van der Waals surface area contributed by atoms with E-state index in [1.165, 1.54) is 5.56 Å². The SMILES string of the molecule is Cc1cccc(N(C)CC(C)(C)C(=O)NN)c1. The van der Waals surface area contributed by atoms with Crippen molar-refractivity contribution in [3.63, 3.8) is 0 Å². The van der Waals surface area contributed by atoms with E-state index in [1.54, 1.807) is 0 Å². The summed E-state index contributed by atoms with van der Waals surface area (Å²) in [5.41, 5.74) is 3.99. The molecule has 0 fully saturated rings. The smallest absolute Gasteiger partial charge is 0.241 e. The standard InChI is InChI=1S/C13H21N3O/c1-10-6-5-7-11(8-10)16(4)9-13(2,3)12(17)15-14/h5-8H,9,14H2,1-4H3,(H,15,17). The van der Waals surface area contributed by atoms with Crippen LogP contribution in [0, 0.1) is 12.3 Å². The molecule has 0 atom stereocenters. The normalized spacial score (nSPS) is 11.1. The molecule has 0 radical (unpaired) electrons. The highest BCUT2D eigenvalue weighted by Crippen LogP contribution is 2.21. The molecule has 0 spiro atoms. The average molecular weight is 235 g/mol. The first-order valence-corrected chi connectivity index (χ1v) is 5.65. The average Bonchev–Trinajstić information content (AvgIpc) is 2.27. The lowest BCUT2D eigenvalue weighted by Crippen LogP contribution is -2.46. The van der Waals surface area contributed by atoms with Crippen molar-refractivity contribution >= 4 is 11.6 Å². The zero-order valence-corrected chi connectivity index (χ0v) is 10.9. The van der Waals surface area contributed by atoms with Crippen molar-refractivity contribution in [2.75, 3.05) is 18.5 Å². The van der Waals surface area contributed by atoms with Crippen LogP contribution in [-0.4, -0.2) is 19.5 Å². The van der Waals surface area contributed by atoms with Crippen molar-refractivity contribution in [1.82, 2.24) is 5.43 Å². The summed E-state index contributed by atoms with van der Waals surface area (Å²) in [6, 6.07) is 8.19. The number of carbonyl (C=O) groups is 1. The van der Waals surface area contributed by atoms with Gasteiger partial charge in [-0.2, -0.15) is 0 Å². The topological polar surface area (TPSA) is 58.4 Å². The summed E-state index contributed by atoms with van der Waals surface area (Å²) in [6.45, 7) is 6.41. The maximum absolute atomic E-state index is 11.6. The Hall–Kier alpha value is -1.55. The molecule has 0 aliphatic rings. The summed E-state index contributed by atoms with van der Waals surface area (Å²) < 4.78 is 0. The number of rotatable bonds is 4. The van der Waals surface area contributed by atoms with Gasteiger partial charge in [0.05, 0.1) is 5.41 Å². The zero-order valence-electron chi connectivity index (χ0n) is 10.9. The van der Waals surface area contributed by atoms with Gasteiger partial charge in [0, 0.05) is 19.3 Å². The van der Waals surface area contributed by atoms with Gasteiger partial charge in [-0.15, -0.1) is 0 Å². The highest BCUT2D eigenvalue weighted by Gasteiger charge is 2.28. The number of anilines is 1. The van der Waals surface area contributed by atoms with E-state index in [0.717, 1.165) is 5.69 Å². The predicted molar refractivity (Wildman–Crippen MR) is 70.6 cm³/mol. The van der Waals surface area contributed by atoms with Crippen molar-refractivity contribution < 1.29 is 4.79 Å². The molecule has 4 heteroatoms. The number of nitrogens with one attached hydrogen (secondary N) is 1. The lowest BCUT2D eigenvalue weighted by atomic mass is 9.91. The van der Waals surface area contributed by atoms with E-state index in [9.17, 15) is 4.79 Å². The quantitative estimate of drug-likeness (QED) is 0.472. The third-order valence-electron chi connectivity index (χ3n) is 2.82. The lowest BCUT2D eigenvalue weighted by Gasteiger charge is -2.30. The van der Waals surface area contributed by atoms with Gasteiger partial charge in [-0.05, 0) is 38.5 Å². The summed E-state index contributed by atoms with van der Waals surface area (Å²) in [5, 5.41) is 0. The van der Waals surface area contributed by atoms with Gasteiger partial charge in [-0.3, -0.25) is 10.2 Å². The lowest BCUT2D eigenvalue weighted by molar-refractivity contribution is -0.128. The second-order valence-corrected chi connectivity index (χ2v) is 5.05. The molecule has 1 amide bonds. The van der Waals surface area contributed by atoms with Gasteiger partial charge >= 0.3 is 0 Å². The number of nitrogens with zero attached hydrogens (tertiary/aromatic N) is 1. The number of hydrazine groups is 1. The first kappa shape index (κ1) is 13.5. The van der Waals surface area contributed by atoms with Gasteiger partial charge in [0.15, 0.2) is 0 Å².